The third-order valence-corrected chi connectivity index (χ3v) is 2.69. The lowest BCUT2D eigenvalue weighted by Gasteiger charge is -1.99. The Labute approximate surface area is 87.4 Å². The monoisotopic (exact) mass is 290 g/mol. The lowest BCUT2D eigenvalue weighted by molar-refractivity contribution is 0.415. The lowest BCUT2D eigenvalue weighted by Crippen LogP contribution is -1.99. The number of fused-ring (bicyclic) bond motifs is 1. The van der Waals surface area contributed by atoms with Crippen LogP contribution in [0, 0.1) is 3.57 Å². The van der Waals surface area contributed by atoms with E-state index in [-0.39, 0.29) is 5.56 Å². The molecule has 2 aromatic rings. The van der Waals surface area contributed by atoms with Crippen LogP contribution in [0.4, 0.5) is 0 Å². The first kappa shape index (κ1) is 8.61. The number of methoxy groups -OCH3 is 1. The molecule has 0 saturated carbocycles. The number of H-pyrrole nitrogens is 2. The highest BCUT2D eigenvalue weighted by Gasteiger charge is 2.06. The van der Waals surface area contributed by atoms with Crippen molar-refractivity contribution >= 4 is 33.5 Å². The van der Waals surface area contributed by atoms with Crippen LogP contribution in [0.25, 0.3) is 10.9 Å². The molecule has 0 saturated heterocycles. The van der Waals surface area contributed by atoms with Gasteiger partial charge in [0.25, 0.3) is 5.56 Å². The summed E-state index contributed by atoms with van der Waals surface area (Å²) < 4.78 is 5.96. The van der Waals surface area contributed by atoms with E-state index in [1.807, 2.05) is 6.07 Å². The average molecular weight is 290 g/mol. The molecular weight excluding hydrogens is 283 g/mol. The van der Waals surface area contributed by atoms with E-state index < -0.39 is 0 Å². The Morgan fingerprint density at radius 3 is 2.85 bits per heavy atom. The van der Waals surface area contributed by atoms with Crippen LogP contribution in [-0.4, -0.2) is 17.3 Å². The van der Waals surface area contributed by atoms with Crippen molar-refractivity contribution in [2.75, 3.05) is 7.11 Å². The first-order valence-electron chi connectivity index (χ1n) is 3.66. The number of halogens is 1. The number of hydrogen-bond donors (Lipinski definition) is 2. The smallest absolute Gasteiger partial charge is 0.272 e. The SMILES string of the molecule is COc1cc(I)c2c(=O)[nH][nH]c2c1. The topological polar surface area (TPSA) is 57.9 Å². The Bertz CT molecular complexity index is 500. The zero-order chi connectivity index (χ0) is 9.42. The van der Waals surface area contributed by atoms with Crippen molar-refractivity contribution in [1.82, 2.24) is 10.2 Å². The highest BCUT2D eigenvalue weighted by Crippen LogP contribution is 2.22. The van der Waals surface area contributed by atoms with Gasteiger partial charge in [0.1, 0.15) is 5.75 Å². The Hall–Kier alpha value is -0.980. The first-order chi connectivity index (χ1) is 6.22. The van der Waals surface area contributed by atoms with Crippen LogP contribution < -0.4 is 10.3 Å². The molecule has 0 radical (unpaired) electrons. The molecule has 1 heterocycles. The predicted molar refractivity (Wildman–Crippen MR) is 58.2 cm³/mol. The molecule has 4 nitrogen and oxygen atoms in total. The molecule has 0 atom stereocenters. The average Bonchev–Trinajstić information content (AvgIpc) is 2.48. The fraction of sp³-hybridized carbons (Fsp3) is 0.125. The van der Waals surface area contributed by atoms with Crippen molar-refractivity contribution < 1.29 is 4.74 Å². The quantitative estimate of drug-likeness (QED) is 0.781. The van der Waals surface area contributed by atoms with Gasteiger partial charge in [0, 0.05) is 9.64 Å². The van der Waals surface area contributed by atoms with Gasteiger partial charge in [-0.1, -0.05) is 0 Å². The largest absolute Gasteiger partial charge is 0.497 e. The minimum atomic E-state index is -0.0953. The number of ether oxygens (including phenoxy) is 1. The van der Waals surface area contributed by atoms with Crippen molar-refractivity contribution in [2.24, 2.45) is 0 Å². The number of nitrogens with one attached hydrogen (secondary N) is 2. The third-order valence-electron chi connectivity index (χ3n) is 1.84. The minimum Gasteiger partial charge on any atom is -0.497 e. The molecule has 0 fully saturated rings. The van der Waals surface area contributed by atoms with E-state index in [2.05, 4.69) is 32.8 Å². The van der Waals surface area contributed by atoms with Crippen LogP contribution in [0.15, 0.2) is 16.9 Å². The Balaban J connectivity index is 2.87. The standard InChI is InChI=1S/C8H7IN2O2/c1-13-4-2-5(9)7-6(3-4)10-11-8(7)12/h2-3H,1H3,(H2,10,11,12). The molecule has 2 N–H and O–H groups in total. The van der Waals surface area contributed by atoms with Crippen molar-refractivity contribution in [3.63, 3.8) is 0 Å². The van der Waals surface area contributed by atoms with Crippen molar-refractivity contribution in [3.05, 3.63) is 26.1 Å². The zero-order valence-electron chi connectivity index (χ0n) is 6.85. The molecule has 0 unspecified atom stereocenters. The molecule has 1 aromatic heterocycles. The van der Waals surface area contributed by atoms with Crippen LogP contribution in [0.5, 0.6) is 5.75 Å². The van der Waals surface area contributed by atoms with E-state index >= 15 is 0 Å². The first-order valence-corrected chi connectivity index (χ1v) is 4.74. The van der Waals surface area contributed by atoms with Crippen LogP contribution >= 0.6 is 22.6 Å². The second-order valence-corrected chi connectivity index (χ2v) is 3.77. The normalized spacial score (nSPS) is 10.6. The third kappa shape index (κ3) is 1.32. The summed E-state index contributed by atoms with van der Waals surface area (Å²) in [6.07, 6.45) is 0. The number of aromatic nitrogens is 2. The van der Waals surface area contributed by atoms with E-state index in [0.717, 1.165) is 14.8 Å². The number of rotatable bonds is 1. The van der Waals surface area contributed by atoms with Gasteiger partial charge in [0.2, 0.25) is 0 Å². The van der Waals surface area contributed by atoms with Crippen molar-refractivity contribution in [1.29, 1.82) is 0 Å². The maximum absolute atomic E-state index is 11.3. The van der Waals surface area contributed by atoms with Gasteiger partial charge in [-0.2, -0.15) is 0 Å². The maximum atomic E-state index is 11.3. The van der Waals surface area contributed by atoms with Gasteiger partial charge in [-0.25, -0.2) is 0 Å². The summed E-state index contributed by atoms with van der Waals surface area (Å²) in [7, 11) is 1.60. The molecule has 5 heteroatoms. The van der Waals surface area contributed by atoms with Crippen molar-refractivity contribution in [3.8, 4) is 5.75 Å². The van der Waals surface area contributed by atoms with Crippen LogP contribution in [0.1, 0.15) is 0 Å². The summed E-state index contributed by atoms with van der Waals surface area (Å²) in [5.74, 6) is 0.743. The van der Waals surface area contributed by atoms with Gasteiger partial charge in [0.05, 0.1) is 18.0 Å². The molecule has 13 heavy (non-hydrogen) atoms. The van der Waals surface area contributed by atoms with Gasteiger partial charge < -0.3 is 4.74 Å². The molecule has 68 valence electrons. The maximum Gasteiger partial charge on any atom is 0.272 e. The Morgan fingerprint density at radius 2 is 2.15 bits per heavy atom. The minimum absolute atomic E-state index is 0.0953. The molecule has 0 spiro atoms. The van der Waals surface area contributed by atoms with E-state index in [0.29, 0.717) is 5.39 Å². The van der Waals surface area contributed by atoms with Gasteiger partial charge in [-0.05, 0) is 28.7 Å². The number of aromatic amines is 2. The molecule has 0 aliphatic rings. The van der Waals surface area contributed by atoms with Gasteiger partial charge >= 0.3 is 0 Å². The highest BCUT2D eigenvalue weighted by molar-refractivity contribution is 14.1. The summed E-state index contributed by atoms with van der Waals surface area (Å²) >= 11 is 2.11. The van der Waals surface area contributed by atoms with Crippen molar-refractivity contribution in [2.45, 2.75) is 0 Å². The van der Waals surface area contributed by atoms with Gasteiger partial charge in [-0.15, -0.1) is 0 Å². The molecule has 0 aliphatic heterocycles. The fourth-order valence-corrected chi connectivity index (χ4v) is 2.06. The zero-order valence-corrected chi connectivity index (χ0v) is 9.01. The van der Waals surface area contributed by atoms with Gasteiger partial charge in [-0.3, -0.25) is 15.0 Å². The summed E-state index contributed by atoms with van der Waals surface area (Å²) in [6, 6.07) is 3.61. The van der Waals surface area contributed by atoms with E-state index in [1.165, 1.54) is 0 Å². The van der Waals surface area contributed by atoms with E-state index in [1.54, 1.807) is 13.2 Å². The van der Waals surface area contributed by atoms with Crippen LogP contribution in [0.3, 0.4) is 0 Å². The summed E-state index contributed by atoms with van der Waals surface area (Å²) in [6.45, 7) is 0. The van der Waals surface area contributed by atoms with Crippen LogP contribution in [0.2, 0.25) is 0 Å². The Morgan fingerprint density at radius 1 is 1.38 bits per heavy atom. The summed E-state index contributed by atoms with van der Waals surface area (Å²) in [5.41, 5.74) is 0.677. The predicted octanol–water partition coefficient (Wildman–Crippen LogP) is 1.47. The van der Waals surface area contributed by atoms with Crippen LogP contribution in [-0.2, 0) is 0 Å². The molecule has 1 aromatic carbocycles. The molecule has 0 bridgehead atoms. The van der Waals surface area contributed by atoms with Gasteiger partial charge in [0.15, 0.2) is 0 Å². The second-order valence-electron chi connectivity index (χ2n) is 2.61. The summed E-state index contributed by atoms with van der Waals surface area (Å²) in [5, 5.41) is 5.99. The molecule has 2 rings (SSSR count). The Kier molecular flexibility index (Phi) is 2.03. The number of hydrogen-bond acceptors (Lipinski definition) is 2. The molecule has 0 amide bonds. The summed E-state index contributed by atoms with van der Waals surface area (Å²) in [4.78, 5) is 11.3. The molecule has 0 aliphatic carbocycles. The fourth-order valence-electron chi connectivity index (χ4n) is 1.22. The number of benzene rings is 1. The lowest BCUT2D eigenvalue weighted by atomic mass is 10.2. The molecular formula is C8H7IN2O2. The van der Waals surface area contributed by atoms with E-state index in [9.17, 15) is 4.79 Å². The van der Waals surface area contributed by atoms with E-state index in [4.69, 9.17) is 4.74 Å². The highest BCUT2D eigenvalue weighted by atomic mass is 127. The second kappa shape index (κ2) is 3.06.